The van der Waals surface area contributed by atoms with Gasteiger partial charge < -0.3 is 24.8 Å². The number of methoxy groups -OCH3 is 1. The molecule has 0 spiro atoms. The van der Waals surface area contributed by atoms with Crippen molar-refractivity contribution in [3.05, 3.63) is 83.4 Å². The number of likely N-dealkylation sites (N-methyl/N-ethyl adjacent to an activating group) is 1. The molecule has 0 amide bonds. The number of fused-ring (bicyclic) bond motifs is 1. The number of rotatable bonds is 8. The maximum absolute atomic E-state index is 5.16. The molecule has 0 atom stereocenters. The van der Waals surface area contributed by atoms with Crippen LogP contribution < -0.4 is 15.0 Å². The molecule has 2 N–H and O–H groups in total. The highest BCUT2D eigenvalue weighted by Gasteiger charge is 2.20. The average Bonchev–Trinajstić information content (AvgIpc) is 3.37. The number of aromatic nitrogens is 2. The van der Waals surface area contributed by atoms with Crippen molar-refractivity contribution < 1.29 is 4.74 Å². The van der Waals surface area contributed by atoms with Gasteiger partial charge in [0.25, 0.3) is 0 Å². The van der Waals surface area contributed by atoms with Gasteiger partial charge >= 0.3 is 0 Å². The normalized spacial score (nSPS) is 16.8. The molecule has 0 aliphatic carbocycles. The molecule has 0 radical (unpaired) electrons. The summed E-state index contributed by atoms with van der Waals surface area (Å²) >= 11 is 0. The van der Waals surface area contributed by atoms with Gasteiger partial charge in [0.1, 0.15) is 0 Å². The van der Waals surface area contributed by atoms with E-state index in [1.54, 1.807) is 7.11 Å². The molecule has 4 heterocycles. The van der Waals surface area contributed by atoms with Gasteiger partial charge in [0.05, 0.1) is 19.4 Å². The molecular weight excluding hydrogens is 424 g/mol. The fraction of sp³-hybridized carbons (Fsp3) is 0.370. The van der Waals surface area contributed by atoms with Crippen LogP contribution in [0.25, 0.3) is 5.70 Å². The lowest BCUT2D eigenvalue weighted by molar-refractivity contribution is 0.132. The summed E-state index contributed by atoms with van der Waals surface area (Å²) in [7, 11) is 1.63. The number of anilines is 1. The Balaban J connectivity index is 1.25. The van der Waals surface area contributed by atoms with E-state index in [1.165, 1.54) is 35.6 Å². The summed E-state index contributed by atoms with van der Waals surface area (Å²) in [6.45, 7) is 10.6. The second-order valence-electron chi connectivity index (χ2n) is 8.98. The number of hydrogen-bond donors (Lipinski definition) is 2. The van der Waals surface area contributed by atoms with Gasteiger partial charge in [-0.25, -0.2) is 4.98 Å². The van der Waals surface area contributed by atoms with Gasteiger partial charge in [-0.3, -0.25) is 4.90 Å². The largest absolute Gasteiger partial charge is 0.481 e. The van der Waals surface area contributed by atoms with Crippen molar-refractivity contribution in [2.45, 2.75) is 26.6 Å². The zero-order chi connectivity index (χ0) is 23.3. The van der Waals surface area contributed by atoms with Crippen molar-refractivity contribution >= 4 is 11.4 Å². The molecule has 1 saturated heterocycles. The highest BCUT2D eigenvalue weighted by molar-refractivity contribution is 5.72. The van der Waals surface area contributed by atoms with Crippen molar-refractivity contribution in [2.75, 3.05) is 44.7 Å². The van der Waals surface area contributed by atoms with E-state index in [4.69, 9.17) is 4.74 Å². The average molecular weight is 459 g/mol. The molecule has 1 aromatic carbocycles. The van der Waals surface area contributed by atoms with Gasteiger partial charge in [-0.1, -0.05) is 25.1 Å². The molecule has 34 heavy (non-hydrogen) atoms. The van der Waals surface area contributed by atoms with Crippen LogP contribution in [0.15, 0.2) is 61.1 Å². The molecule has 1 fully saturated rings. The third-order valence-corrected chi connectivity index (χ3v) is 6.81. The monoisotopic (exact) mass is 458 g/mol. The summed E-state index contributed by atoms with van der Waals surface area (Å²) in [5, 5.41) is 3.60. The summed E-state index contributed by atoms with van der Waals surface area (Å²) in [5.41, 5.74) is 7.23. The zero-order valence-electron chi connectivity index (χ0n) is 20.1. The van der Waals surface area contributed by atoms with Gasteiger partial charge in [-0.2, -0.15) is 0 Å². The number of ether oxygens (including phenoxy) is 1. The number of aromatic amines is 1. The Morgan fingerprint density at radius 2 is 1.74 bits per heavy atom. The lowest BCUT2D eigenvalue weighted by atomic mass is 10.1. The number of piperazine rings is 1. The summed E-state index contributed by atoms with van der Waals surface area (Å²) in [4.78, 5) is 15.1. The van der Waals surface area contributed by atoms with E-state index in [0.717, 1.165) is 44.0 Å². The minimum atomic E-state index is 0.631. The molecular formula is C27H34N6O. The van der Waals surface area contributed by atoms with Gasteiger partial charge in [-0.05, 0) is 35.9 Å². The van der Waals surface area contributed by atoms with Gasteiger partial charge in [0.15, 0.2) is 0 Å². The fourth-order valence-electron chi connectivity index (χ4n) is 4.68. The maximum atomic E-state index is 5.16. The first kappa shape index (κ1) is 22.5. The molecule has 2 aliphatic heterocycles. The van der Waals surface area contributed by atoms with Crippen LogP contribution in [0.3, 0.4) is 0 Å². The highest BCUT2D eigenvalue weighted by Crippen LogP contribution is 2.29. The van der Waals surface area contributed by atoms with Crippen LogP contribution in [0, 0.1) is 0 Å². The molecule has 0 unspecified atom stereocenters. The summed E-state index contributed by atoms with van der Waals surface area (Å²) in [5.74, 6) is 0.631. The molecule has 2 aliphatic rings. The summed E-state index contributed by atoms with van der Waals surface area (Å²) < 4.78 is 5.16. The minimum absolute atomic E-state index is 0.631. The quantitative estimate of drug-likeness (QED) is 0.537. The van der Waals surface area contributed by atoms with E-state index in [-0.39, 0.29) is 0 Å². The Morgan fingerprint density at radius 1 is 0.971 bits per heavy atom. The van der Waals surface area contributed by atoms with Crippen LogP contribution >= 0.6 is 0 Å². The standard InChI is InChI=1S/C27H34N6O/c1-3-31-12-14-32(15-13-31)18-21-4-7-23(8-5-21)33-19-25-24(10-11-28-25)26(20-33)29-16-22-6-9-27(34-2)30-17-22/h4-11,17,20,28-29H,3,12-16,18-19H2,1-2H3. The number of benzene rings is 1. The number of nitrogens with one attached hydrogen (secondary N) is 2. The molecule has 7 nitrogen and oxygen atoms in total. The molecule has 5 rings (SSSR count). The van der Waals surface area contributed by atoms with Crippen molar-refractivity contribution in [2.24, 2.45) is 0 Å². The Bertz CT molecular complexity index is 1100. The Morgan fingerprint density at radius 3 is 2.44 bits per heavy atom. The van der Waals surface area contributed by atoms with Crippen LogP contribution in [0.5, 0.6) is 5.88 Å². The second kappa shape index (κ2) is 10.3. The molecule has 2 aromatic heterocycles. The summed E-state index contributed by atoms with van der Waals surface area (Å²) in [6, 6.07) is 15.1. The predicted octanol–water partition coefficient (Wildman–Crippen LogP) is 3.66. The number of hydrogen-bond acceptors (Lipinski definition) is 6. The SMILES string of the molecule is CCN1CCN(Cc2ccc(N3C=C(NCc4ccc(OC)nc4)c4cc[nH]c4C3)cc2)CC1. The lowest BCUT2D eigenvalue weighted by Crippen LogP contribution is -2.45. The lowest BCUT2D eigenvalue weighted by Gasteiger charge is -2.34. The minimum Gasteiger partial charge on any atom is -0.481 e. The van der Waals surface area contributed by atoms with Gasteiger partial charge in [-0.15, -0.1) is 0 Å². The number of H-pyrrole nitrogens is 1. The van der Waals surface area contributed by atoms with Crippen LogP contribution in [0.4, 0.5) is 5.69 Å². The molecule has 0 saturated carbocycles. The third kappa shape index (κ3) is 5.11. The molecule has 7 heteroatoms. The summed E-state index contributed by atoms with van der Waals surface area (Å²) in [6.07, 6.45) is 6.08. The Labute approximate surface area is 202 Å². The highest BCUT2D eigenvalue weighted by atomic mass is 16.5. The van der Waals surface area contributed by atoms with Crippen LogP contribution in [-0.2, 0) is 19.6 Å². The number of nitrogens with zero attached hydrogens (tertiary/aromatic N) is 4. The van der Waals surface area contributed by atoms with Crippen molar-refractivity contribution in [1.29, 1.82) is 0 Å². The fourth-order valence-corrected chi connectivity index (χ4v) is 4.68. The number of pyridine rings is 1. The first-order valence-electron chi connectivity index (χ1n) is 12.1. The van der Waals surface area contributed by atoms with Crippen LogP contribution in [0.1, 0.15) is 29.3 Å². The molecule has 0 bridgehead atoms. The molecule has 3 aromatic rings. The van der Waals surface area contributed by atoms with E-state index in [0.29, 0.717) is 12.4 Å². The van der Waals surface area contributed by atoms with Crippen LogP contribution in [-0.4, -0.2) is 59.6 Å². The molecule has 178 valence electrons. The third-order valence-electron chi connectivity index (χ3n) is 6.81. The Kier molecular flexibility index (Phi) is 6.83. The Hall–Kier alpha value is -3.29. The first-order chi connectivity index (χ1) is 16.7. The second-order valence-corrected chi connectivity index (χ2v) is 8.98. The van der Waals surface area contributed by atoms with E-state index in [1.807, 2.05) is 24.5 Å². The van der Waals surface area contributed by atoms with E-state index < -0.39 is 0 Å². The predicted molar refractivity (Wildman–Crippen MR) is 136 cm³/mol. The maximum Gasteiger partial charge on any atom is 0.212 e. The van der Waals surface area contributed by atoms with Crippen LogP contribution in [0.2, 0.25) is 0 Å². The first-order valence-corrected chi connectivity index (χ1v) is 12.1. The topological polar surface area (TPSA) is 59.7 Å². The van der Waals surface area contributed by atoms with E-state index in [9.17, 15) is 0 Å². The van der Waals surface area contributed by atoms with E-state index >= 15 is 0 Å². The van der Waals surface area contributed by atoms with Crippen molar-refractivity contribution in [3.8, 4) is 5.88 Å². The van der Waals surface area contributed by atoms with Gasteiger partial charge in [0, 0.05) is 80.9 Å². The van der Waals surface area contributed by atoms with Gasteiger partial charge in [0.2, 0.25) is 5.88 Å². The van der Waals surface area contributed by atoms with Crippen molar-refractivity contribution in [1.82, 2.24) is 25.1 Å². The smallest absolute Gasteiger partial charge is 0.212 e. The zero-order valence-corrected chi connectivity index (χ0v) is 20.1. The van der Waals surface area contributed by atoms with Crippen molar-refractivity contribution in [3.63, 3.8) is 0 Å². The van der Waals surface area contributed by atoms with E-state index in [2.05, 4.69) is 73.4 Å².